The number of nitrogen functional groups attached to an aromatic ring is 1. The first-order chi connectivity index (χ1) is 12.1. The number of aromatic nitrogens is 3. The van der Waals surface area contributed by atoms with Crippen LogP contribution in [0.1, 0.15) is 11.1 Å². The van der Waals surface area contributed by atoms with Crippen LogP contribution in [0.5, 0.6) is 0 Å². The van der Waals surface area contributed by atoms with Crippen LogP contribution < -0.4 is 5.73 Å². The van der Waals surface area contributed by atoms with Gasteiger partial charge < -0.3 is 5.73 Å². The second kappa shape index (κ2) is 6.38. The number of nitrogens with two attached hydrogens (primary N) is 1. The molecule has 0 aliphatic carbocycles. The average Bonchev–Trinajstić information content (AvgIpc) is 3.23. The molecule has 0 unspecified atom stereocenters. The predicted molar refractivity (Wildman–Crippen MR) is 106 cm³/mol. The van der Waals surface area contributed by atoms with Crippen molar-refractivity contribution in [1.82, 2.24) is 15.2 Å². The Morgan fingerprint density at radius 1 is 0.680 bits per heavy atom. The number of hydrogen-bond acceptors (Lipinski definition) is 6. The third kappa shape index (κ3) is 3.18. The highest BCUT2D eigenvalue weighted by Crippen LogP contribution is 2.38. The molecule has 4 rings (SSSR count). The van der Waals surface area contributed by atoms with Gasteiger partial charge >= 0.3 is 0 Å². The summed E-state index contributed by atoms with van der Waals surface area (Å²) in [5.41, 5.74) is 11.5. The largest absolute Gasteiger partial charge is 0.389 e. The number of benzene rings is 2. The summed E-state index contributed by atoms with van der Waals surface area (Å²) in [5, 5.41) is 11.8. The molecule has 0 bridgehead atoms. The summed E-state index contributed by atoms with van der Waals surface area (Å²) >= 11 is 2.99. The van der Waals surface area contributed by atoms with Crippen LogP contribution >= 0.6 is 22.7 Å². The van der Waals surface area contributed by atoms with Gasteiger partial charge in [0, 0.05) is 11.1 Å². The third-order valence-corrected chi connectivity index (χ3v) is 5.79. The van der Waals surface area contributed by atoms with Crippen molar-refractivity contribution in [3.63, 3.8) is 0 Å². The van der Waals surface area contributed by atoms with Gasteiger partial charge in [-0.05, 0) is 13.8 Å². The van der Waals surface area contributed by atoms with Gasteiger partial charge in [-0.3, -0.25) is 0 Å². The van der Waals surface area contributed by atoms with Crippen LogP contribution in [-0.2, 0) is 0 Å². The molecule has 124 valence electrons. The van der Waals surface area contributed by atoms with E-state index in [0.717, 1.165) is 31.8 Å². The lowest BCUT2D eigenvalue weighted by molar-refractivity contribution is 1.09. The van der Waals surface area contributed by atoms with Crippen LogP contribution in [0, 0.1) is 13.8 Å². The molecule has 0 saturated heterocycles. The Morgan fingerprint density at radius 3 is 1.80 bits per heavy atom. The molecule has 4 aromatic rings. The van der Waals surface area contributed by atoms with E-state index in [4.69, 9.17) is 10.7 Å². The topological polar surface area (TPSA) is 64.7 Å². The van der Waals surface area contributed by atoms with Crippen molar-refractivity contribution < 1.29 is 0 Å². The van der Waals surface area contributed by atoms with Gasteiger partial charge in [0.1, 0.15) is 20.7 Å². The Bertz CT molecular complexity index is 1010. The zero-order chi connectivity index (χ0) is 17.4. The first kappa shape index (κ1) is 15.9. The predicted octanol–water partition coefficient (Wildman–Crippen LogP) is 5.19. The first-order valence-corrected chi connectivity index (χ1v) is 9.48. The van der Waals surface area contributed by atoms with Crippen LogP contribution in [0.3, 0.4) is 0 Å². The molecule has 2 N–H and O–H groups in total. The zero-order valence-corrected chi connectivity index (χ0v) is 15.5. The number of anilines is 1. The smallest absolute Gasteiger partial charge is 0.169 e. The number of thiazole rings is 1. The molecular weight excluding hydrogens is 348 g/mol. The molecule has 0 aliphatic rings. The summed E-state index contributed by atoms with van der Waals surface area (Å²) in [6.07, 6.45) is 0. The van der Waals surface area contributed by atoms with E-state index in [9.17, 15) is 0 Å². The molecule has 4 nitrogen and oxygen atoms in total. The molecule has 0 saturated carbocycles. The van der Waals surface area contributed by atoms with Crippen molar-refractivity contribution in [3.05, 3.63) is 59.7 Å². The van der Waals surface area contributed by atoms with Gasteiger partial charge in [-0.15, -0.1) is 10.2 Å². The van der Waals surface area contributed by atoms with Crippen molar-refractivity contribution in [1.29, 1.82) is 0 Å². The number of nitrogens with zero attached hydrogens (tertiary/aromatic N) is 3. The fourth-order valence-electron chi connectivity index (χ4n) is 2.44. The minimum atomic E-state index is 0.669. The average molecular weight is 364 g/mol. The Hall–Kier alpha value is -2.57. The number of rotatable bonds is 3. The molecule has 0 radical (unpaired) electrons. The maximum Gasteiger partial charge on any atom is 0.169 e. The van der Waals surface area contributed by atoms with Gasteiger partial charge in [0.25, 0.3) is 0 Å². The fraction of sp³-hybridized carbons (Fsp3) is 0.105. The van der Waals surface area contributed by atoms with E-state index in [1.165, 1.54) is 33.8 Å². The van der Waals surface area contributed by atoms with Gasteiger partial charge in [-0.2, -0.15) is 0 Å². The second-order valence-corrected chi connectivity index (χ2v) is 7.88. The van der Waals surface area contributed by atoms with E-state index in [1.807, 2.05) is 0 Å². The molecule has 0 aliphatic heterocycles. The molecule has 6 heteroatoms. The summed E-state index contributed by atoms with van der Waals surface area (Å²) in [6, 6.07) is 16.5. The van der Waals surface area contributed by atoms with Crippen molar-refractivity contribution >= 4 is 27.7 Å². The SMILES string of the molecule is Cc1ccc(-c2nnc(-c3nc(-c4ccc(C)cc4)sc3N)s2)cc1. The van der Waals surface area contributed by atoms with Crippen LogP contribution in [0.4, 0.5) is 5.00 Å². The van der Waals surface area contributed by atoms with Crippen molar-refractivity contribution in [2.45, 2.75) is 13.8 Å². The summed E-state index contributed by atoms with van der Waals surface area (Å²) in [4.78, 5) is 4.70. The molecule has 0 spiro atoms. The fourth-order valence-corrected chi connectivity index (χ4v) is 4.19. The van der Waals surface area contributed by atoms with E-state index < -0.39 is 0 Å². The second-order valence-electron chi connectivity index (χ2n) is 5.88. The van der Waals surface area contributed by atoms with Gasteiger partial charge in [0.05, 0.1) is 0 Å². The highest BCUT2D eigenvalue weighted by atomic mass is 32.1. The van der Waals surface area contributed by atoms with E-state index in [1.54, 1.807) is 0 Å². The highest BCUT2D eigenvalue weighted by molar-refractivity contribution is 7.21. The van der Waals surface area contributed by atoms with Crippen LogP contribution in [0.15, 0.2) is 48.5 Å². The Morgan fingerprint density at radius 2 is 1.20 bits per heavy atom. The molecule has 25 heavy (non-hydrogen) atoms. The maximum atomic E-state index is 6.20. The van der Waals surface area contributed by atoms with E-state index in [0.29, 0.717) is 5.00 Å². The Kier molecular flexibility index (Phi) is 4.07. The lowest BCUT2D eigenvalue weighted by Crippen LogP contribution is -1.85. The molecular formula is C19H16N4S2. The van der Waals surface area contributed by atoms with Crippen molar-refractivity contribution in [2.24, 2.45) is 0 Å². The summed E-state index contributed by atoms with van der Waals surface area (Å²) in [7, 11) is 0. The highest BCUT2D eigenvalue weighted by Gasteiger charge is 2.17. The molecule has 2 heterocycles. The molecule has 2 aromatic heterocycles. The minimum absolute atomic E-state index is 0.669. The van der Waals surface area contributed by atoms with E-state index >= 15 is 0 Å². The molecule has 0 atom stereocenters. The van der Waals surface area contributed by atoms with Gasteiger partial charge in [-0.1, -0.05) is 82.3 Å². The summed E-state index contributed by atoms with van der Waals surface area (Å²) in [6.45, 7) is 4.14. The van der Waals surface area contributed by atoms with Crippen LogP contribution in [0.2, 0.25) is 0 Å². The normalized spacial score (nSPS) is 11.0. The van der Waals surface area contributed by atoms with E-state index in [-0.39, 0.29) is 0 Å². The quantitative estimate of drug-likeness (QED) is 0.543. The Balaban J connectivity index is 1.69. The molecule has 2 aromatic carbocycles. The zero-order valence-electron chi connectivity index (χ0n) is 13.9. The lowest BCUT2D eigenvalue weighted by atomic mass is 10.2. The first-order valence-electron chi connectivity index (χ1n) is 7.84. The lowest BCUT2D eigenvalue weighted by Gasteiger charge is -1.96. The van der Waals surface area contributed by atoms with E-state index in [2.05, 4.69) is 72.6 Å². The molecule has 0 amide bonds. The summed E-state index contributed by atoms with van der Waals surface area (Å²) in [5.74, 6) is 0. The number of hydrogen-bond donors (Lipinski definition) is 1. The van der Waals surface area contributed by atoms with Crippen molar-refractivity contribution in [2.75, 3.05) is 5.73 Å². The standard InChI is InChI=1S/C19H16N4S2/c1-11-3-7-13(8-4-11)17-21-15(16(20)24-17)19-23-22-18(25-19)14-9-5-12(2)6-10-14/h3-10H,20H2,1-2H3. The van der Waals surface area contributed by atoms with Gasteiger partial charge in [-0.25, -0.2) is 4.98 Å². The van der Waals surface area contributed by atoms with Crippen LogP contribution in [-0.4, -0.2) is 15.2 Å². The third-order valence-electron chi connectivity index (χ3n) is 3.88. The van der Waals surface area contributed by atoms with Crippen molar-refractivity contribution in [3.8, 4) is 31.8 Å². The molecule has 0 fully saturated rings. The minimum Gasteiger partial charge on any atom is -0.389 e. The van der Waals surface area contributed by atoms with Gasteiger partial charge in [0.15, 0.2) is 5.01 Å². The maximum absolute atomic E-state index is 6.20. The number of aryl methyl sites for hydroxylation is 2. The van der Waals surface area contributed by atoms with Gasteiger partial charge in [0.2, 0.25) is 0 Å². The monoisotopic (exact) mass is 364 g/mol. The van der Waals surface area contributed by atoms with Crippen LogP contribution in [0.25, 0.3) is 31.8 Å². The Labute approximate surface area is 154 Å². The summed E-state index contributed by atoms with van der Waals surface area (Å²) < 4.78 is 0.